The molecule has 1 amide bonds. The summed E-state index contributed by atoms with van der Waals surface area (Å²) in [6.07, 6.45) is 1.85. The van der Waals surface area contributed by atoms with Crippen molar-refractivity contribution in [3.05, 3.63) is 98.4 Å². The van der Waals surface area contributed by atoms with Gasteiger partial charge in [0.15, 0.2) is 5.17 Å². The Kier molecular flexibility index (Phi) is 6.97. The van der Waals surface area contributed by atoms with Crippen molar-refractivity contribution in [2.75, 3.05) is 7.05 Å². The lowest BCUT2D eigenvalue weighted by Crippen LogP contribution is -2.23. The number of carbonyl (C=O) groups is 1. The van der Waals surface area contributed by atoms with Gasteiger partial charge in [0, 0.05) is 12.6 Å². The number of halogens is 1. The molecule has 0 unspecified atom stereocenters. The second kappa shape index (κ2) is 10.1. The lowest BCUT2D eigenvalue weighted by Gasteiger charge is -2.10. The summed E-state index contributed by atoms with van der Waals surface area (Å²) in [6.45, 7) is 2.32. The lowest BCUT2D eigenvalue weighted by atomic mass is 10.1. The molecule has 0 radical (unpaired) electrons. The molecule has 5 nitrogen and oxygen atoms in total. The van der Waals surface area contributed by atoms with Crippen LogP contribution in [0, 0.1) is 18.3 Å². The van der Waals surface area contributed by atoms with Gasteiger partial charge in [-0.2, -0.15) is 5.26 Å². The number of amidine groups is 1. The number of aliphatic imine (C=N–C) groups is 1. The van der Waals surface area contributed by atoms with Crippen LogP contribution in [0.3, 0.4) is 0 Å². The average Bonchev–Trinajstić information content (AvgIpc) is 3.08. The van der Waals surface area contributed by atoms with Crippen LogP contribution < -0.4 is 4.74 Å². The first-order valence-corrected chi connectivity index (χ1v) is 11.8. The van der Waals surface area contributed by atoms with Crippen molar-refractivity contribution in [1.29, 1.82) is 5.26 Å². The summed E-state index contributed by atoms with van der Waals surface area (Å²) in [5.74, 6) is 0.574. The van der Waals surface area contributed by atoms with Crippen LogP contribution in [0.5, 0.6) is 5.75 Å². The maximum absolute atomic E-state index is 12.7. The predicted octanol–water partition coefficient (Wildman–Crippen LogP) is 6.44. The Morgan fingerprint density at radius 2 is 1.91 bits per heavy atom. The van der Waals surface area contributed by atoms with Crippen molar-refractivity contribution in [3.8, 4) is 11.8 Å². The van der Waals surface area contributed by atoms with Crippen LogP contribution in [-0.2, 0) is 11.4 Å². The molecule has 4 rings (SSSR count). The van der Waals surface area contributed by atoms with Crippen LogP contribution in [-0.4, -0.2) is 23.0 Å². The number of hydrogen-bond acceptors (Lipinski definition) is 5. The fourth-order valence-electron chi connectivity index (χ4n) is 3.17. The Balaban J connectivity index is 1.50. The average molecular weight is 518 g/mol. The molecule has 0 atom stereocenters. The standard InChI is InChI=1S/C26H20BrN3O2S/c1-17-7-10-21(11-8-17)29-26-30(2)25(31)24(33-26)14-18-9-12-23(22(27)13-18)32-16-20-6-4-3-5-19(20)15-28/h3-14H,16H2,1-2H3/b24-14+,29-26?. The minimum Gasteiger partial charge on any atom is -0.488 e. The molecule has 164 valence electrons. The fourth-order valence-corrected chi connectivity index (χ4v) is 4.67. The molecular formula is C26H20BrN3O2S. The molecule has 1 fully saturated rings. The van der Waals surface area contributed by atoms with E-state index in [0.717, 1.165) is 26.9 Å². The van der Waals surface area contributed by atoms with E-state index in [2.05, 4.69) is 27.0 Å². The second-order valence-corrected chi connectivity index (χ2v) is 9.32. The highest BCUT2D eigenvalue weighted by Crippen LogP contribution is 2.34. The van der Waals surface area contributed by atoms with Gasteiger partial charge in [-0.05, 0) is 76.6 Å². The van der Waals surface area contributed by atoms with Crippen LogP contribution in [0.1, 0.15) is 22.3 Å². The molecule has 1 aliphatic heterocycles. The number of benzene rings is 3. The quantitative estimate of drug-likeness (QED) is 0.365. The number of thioether (sulfide) groups is 1. The molecular weight excluding hydrogens is 498 g/mol. The topological polar surface area (TPSA) is 65.7 Å². The zero-order valence-corrected chi connectivity index (χ0v) is 20.5. The van der Waals surface area contributed by atoms with Crippen LogP contribution >= 0.6 is 27.7 Å². The first kappa shape index (κ1) is 22.8. The Morgan fingerprint density at radius 1 is 1.15 bits per heavy atom. The number of carbonyl (C=O) groups excluding carboxylic acids is 1. The molecule has 0 bridgehead atoms. The van der Waals surface area contributed by atoms with Gasteiger partial charge in [0.05, 0.1) is 26.7 Å². The third kappa shape index (κ3) is 5.36. The van der Waals surface area contributed by atoms with Crippen LogP contribution in [0.2, 0.25) is 0 Å². The van der Waals surface area contributed by atoms with Gasteiger partial charge in [-0.25, -0.2) is 4.99 Å². The highest BCUT2D eigenvalue weighted by Gasteiger charge is 2.30. The molecule has 0 aromatic heterocycles. The maximum Gasteiger partial charge on any atom is 0.266 e. The van der Waals surface area contributed by atoms with E-state index in [-0.39, 0.29) is 5.91 Å². The molecule has 1 aliphatic rings. The minimum absolute atomic E-state index is 0.0876. The fraction of sp³-hybridized carbons (Fsp3) is 0.115. The van der Waals surface area contributed by atoms with E-state index in [9.17, 15) is 10.1 Å². The molecule has 33 heavy (non-hydrogen) atoms. The van der Waals surface area contributed by atoms with E-state index >= 15 is 0 Å². The number of amides is 1. The number of nitrogens with zero attached hydrogens (tertiary/aromatic N) is 3. The van der Waals surface area contributed by atoms with Crippen molar-refractivity contribution in [2.45, 2.75) is 13.5 Å². The molecule has 1 saturated heterocycles. The van der Waals surface area contributed by atoms with Gasteiger partial charge in [-0.1, -0.05) is 42.0 Å². The zero-order chi connectivity index (χ0) is 23.4. The van der Waals surface area contributed by atoms with Crippen molar-refractivity contribution in [1.82, 2.24) is 4.90 Å². The number of rotatable bonds is 5. The molecule has 0 N–H and O–H groups in total. The van der Waals surface area contributed by atoms with Gasteiger partial charge in [0.25, 0.3) is 5.91 Å². The first-order chi connectivity index (χ1) is 15.9. The zero-order valence-electron chi connectivity index (χ0n) is 18.1. The summed E-state index contributed by atoms with van der Waals surface area (Å²) >= 11 is 4.90. The van der Waals surface area contributed by atoms with E-state index < -0.39 is 0 Å². The Morgan fingerprint density at radius 3 is 2.64 bits per heavy atom. The summed E-state index contributed by atoms with van der Waals surface area (Å²) in [5, 5.41) is 9.88. The van der Waals surface area contributed by atoms with Gasteiger partial charge in [-0.15, -0.1) is 0 Å². The molecule has 1 heterocycles. The van der Waals surface area contributed by atoms with E-state index in [1.54, 1.807) is 18.0 Å². The largest absolute Gasteiger partial charge is 0.488 e. The van der Waals surface area contributed by atoms with Crippen LogP contribution in [0.25, 0.3) is 6.08 Å². The highest BCUT2D eigenvalue weighted by atomic mass is 79.9. The second-order valence-electron chi connectivity index (χ2n) is 7.45. The predicted molar refractivity (Wildman–Crippen MR) is 136 cm³/mol. The van der Waals surface area contributed by atoms with Crippen LogP contribution in [0.4, 0.5) is 5.69 Å². The molecule has 0 saturated carbocycles. The number of aryl methyl sites for hydroxylation is 1. The summed E-state index contributed by atoms with van der Waals surface area (Å²) in [5.41, 5.74) is 4.27. The molecule has 7 heteroatoms. The van der Waals surface area contributed by atoms with E-state index in [0.29, 0.717) is 28.0 Å². The molecule has 0 aliphatic carbocycles. The van der Waals surface area contributed by atoms with Crippen molar-refractivity contribution in [3.63, 3.8) is 0 Å². The Bertz CT molecular complexity index is 1310. The van der Waals surface area contributed by atoms with Crippen LogP contribution in [0.15, 0.2) is 81.1 Å². The smallest absolute Gasteiger partial charge is 0.266 e. The number of likely N-dealkylation sites (N-methyl/N-ethyl adjacent to an activating group) is 1. The summed E-state index contributed by atoms with van der Waals surface area (Å²) < 4.78 is 6.67. The summed E-state index contributed by atoms with van der Waals surface area (Å²) in [4.78, 5) is 19.5. The normalized spacial score (nSPS) is 15.8. The van der Waals surface area contributed by atoms with Crippen molar-refractivity contribution >= 4 is 50.5 Å². The molecule has 3 aromatic carbocycles. The van der Waals surface area contributed by atoms with E-state index in [1.807, 2.05) is 73.7 Å². The van der Waals surface area contributed by atoms with E-state index in [4.69, 9.17) is 4.74 Å². The van der Waals surface area contributed by atoms with Gasteiger partial charge in [-0.3, -0.25) is 9.69 Å². The third-order valence-electron chi connectivity index (χ3n) is 5.04. The minimum atomic E-state index is -0.0876. The van der Waals surface area contributed by atoms with Gasteiger partial charge in [0.2, 0.25) is 0 Å². The van der Waals surface area contributed by atoms with Gasteiger partial charge in [0.1, 0.15) is 12.4 Å². The first-order valence-electron chi connectivity index (χ1n) is 10.2. The molecule has 0 spiro atoms. The maximum atomic E-state index is 12.7. The number of ether oxygens (including phenoxy) is 1. The van der Waals surface area contributed by atoms with Crippen molar-refractivity contribution in [2.24, 2.45) is 4.99 Å². The Labute approximate surface area is 205 Å². The monoisotopic (exact) mass is 517 g/mol. The number of nitriles is 1. The number of hydrogen-bond donors (Lipinski definition) is 0. The Hall–Kier alpha value is -3.34. The SMILES string of the molecule is Cc1ccc(N=C2S/C(=C/c3ccc(OCc4ccccc4C#N)c(Br)c3)C(=O)N2C)cc1. The third-order valence-corrected chi connectivity index (χ3v) is 6.72. The highest BCUT2D eigenvalue weighted by molar-refractivity contribution is 9.10. The van der Waals surface area contributed by atoms with E-state index in [1.165, 1.54) is 11.8 Å². The van der Waals surface area contributed by atoms with Crippen molar-refractivity contribution < 1.29 is 9.53 Å². The van der Waals surface area contributed by atoms with Gasteiger partial charge >= 0.3 is 0 Å². The van der Waals surface area contributed by atoms with Gasteiger partial charge < -0.3 is 4.74 Å². The summed E-state index contributed by atoms with van der Waals surface area (Å²) in [6, 6.07) is 23.1. The molecule has 3 aromatic rings. The summed E-state index contributed by atoms with van der Waals surface area (Å²) in [7, 11) is 1.73. The lowest BCUT2D eigenvalue weighted by molar-refractivity contribution is -0.121.